The van der Waals surface area contributed by atoms with Crippen LogP contribution in [0.5, 0.6) is 0 Å². The third-order valence-electron chi connectivity index (χ3n) is 4.19. The van der Waals surface area contributed by atoms with Crippen molar-refractivity contribution in [3.63, 3.8) is 0 Å². The summed E-state index contributed by atoms with van der Waals surface area (Å²) in [6, 6.07) is 0.466. The lowest BCUT2D eigenvalue weighted by molar-refractivity contribution is 0.0902. The number of likely N-dealkylation sites (tertiary alicyclic amines) is 1. The number of nitrogens with two attached hydrogens (primary N) is 1. The third-order valence-corrected chi connectivity index (χ3v) is 4.19. The number of rotatable bonds is 6. The molecule has 19 heavy (non-hydrogen) atoms. The van der Waals surface area contributed by atoms with Crippen molar-refractivity contribution in [3.8, 4) is 0 Å². The molecule has 0 radical (unpaired) electrons. The number of hydrogen-bond acceptors (Lipinski definition) is 3. The molecule has 2 unspecified atom stereocenters. The van der Waals surface area contributed by atoms with Gasteiger partial charge in [0.05, 0.1) is 18.1 Å². The molecule has 1 fully saturated rings. The highest BCUT2D eigenvalue weighted by atomic mass is 15.2. The van der Waals surface area contributed by atoms with Crippen molar-refractivity contribution in [2.75, 3.05) is 19.6 Å². The number of nitrogens with zero attached hydrogens (tertiary/aromatic N) is 3. The summed E-state index contributed by atoms with van der Waals surface area (Å²) in [5, 5.41) is 0. The van der Waals surface area contributed by atoms with Gasteiger partial charge in [0.15, 0.2) is 0 Å². The Kier molecular flexibility index (Phi) is 5.40. The first kappa shape index (κ1) is 14.5. The van der Waals surface area contributed by atoms with Crippen molar-refractivity contribution in [2.45, 2.75) is 52.1 Å². The minimum atomic E-state index is 0.466. The zero-order chi connectivity index (χ0) is 13.7. The average Bonchev–Trinajstić information content (AvgIpc) is 2.87. The van der Waals surface area contributed by atoms with E-state index in [0.717, 1.165) is 19.5 Å². The first-order valence-electron chi connectivity index (χ1n) is 7.75. The van der Waals surface area contributed by atoms with Crippen LogP contribution in [0.3, 0.4) is 0 Å². The lowest BCUT2D eigenvalue weighted by atomic mass is 9.87. The summed E-state index contributed by atoms with van der Waals surface area (Å²) in [7, 11) is 0. The number of hydrogen-bond donors (Lipinski definition) is 1. The number of aryl methyl sites for hydroxylation is 1. The van der Waals surface area contributed by atoms with Crippen molar-refractivity contribution in [2.24, 2.45) is 11.7 Å². The fraction of sp³-hybridized carbons (Fsp3) is 0.800. The molecule has 2 N–H and O–H groups in total. The van der Waals surface area contributed by atoms with Gasteiger partial charge < -0.3 is 10.3 Å². The Labute approximate surface area is 117 Å². The second kappa shape index (κ2) is 7.06. The van der Waals surface area contributed by atoms with Crippen molar-refractivity contribution < 1.29 is 0 Å². The van der Waals surface area contributed by atoms with E-state index in [9.17, 15) is 0 Å². The van der Waals surface area contributed by atoms with Gasteiger partial charge in [-0.2, -0.15) is 0 Å². The van der Waals surface area contributed by atoms with Crippen molar-refractivity contribution in [3.05, 3.63) is 18.2 Å². The lowest BCUT2D eigenvalue weighted by Crippen LogP contribution is -2.42. The monoisotopic (exact) mass is 264 g/mol. The molecule has 0 spiro atoms. The van der Waals surface area contributed by atoms with Gasteiger partial charge in [-0.1, -0.05) is 13.8 Å². The summed E-state index contributed by atoms with van der Waals surface area (Å²) in [6.07, 6.45) is 8.91. The molecule has 1 aliphatic heterocycles. The van der Waals surface area contributed by atoms with Crippen molar-refractivity contribution in [1.29, 1.82) is 0 Å². The van der Waals surface area contributed by atoms with Gasteiger partial charge in [0, 0.05) is 12.7 Å². The Morgan fingerprint density at radius 2 is 2.11 bits per heavy atom. The Morgan fingerprint density at radius 1 is 1.32 bits per heavy atom. The van der Waals surface area contributed by atoms with Crippen LogP contribution in [0.2, 0.25) is 0 Å². The molecule has 0 bridgehead atoms. The van der Waals surface area contributed by atoms with Crippen LogP contribution in [0.1, 0.15) is 51.3 Å². The van der Waals surface area contributed by atoms with Crippen LogP contribution >= 0.6 is 0 Å². The van der Waals surface area contributed by atoms with E-state index in [1.165, 1.54) is 38.0 Å². The molecule has 4 heteroatoms. The van der Waals surface area contributed by atoms with Gasteiger partial charge in [-0.3, -0.25) is 4.90 Å². The van der Waals surface area contributed by atoms with Crippen LogP contribution < -0.4 is 5.73 Å². The molecular formula is C15H28N4. The van der Waals surface area contributed by atoms with E-state index < -0.39 is 0 Å². The van der Waals surface area contributed by atoms with Gasteiger partial charge in [-0.05, 0) is 51.2 Å². The predicted molar refractivity (Wildman–Crippen MR) is 78.9 cm³/mol. The van der Waals surface area contributed by atoms with E-state index in [4.69, 9.17) is 5.73 Å². The third kappa shape index (κ3) is 3.18. The molecule has 0 amide bonds. The number of piperidine rings is 1. The smallest absolute Gasteiger partial charge is 0.0948 e. The molecular weight excluding hydrogens is 236 g/mol. The van der Waals surface area contributed by atoms with Gasteiger partial charge in [0.25, 0.3) is 0 Å². The number of imidazole rings is 1. The Balaban J connectivity index is 2.25. The Hall–Kier alpha value is -0.870. The minimum absolute atomic E-state index is 0.466. The van der Waals surface area contributed by atoms with Crippen molar-refractivity contribution in [1.82, 2.24) is 14.5 Å². The highest BCUT2D eigenvalue weighted by Crippen LogP contribution is 2.35. The first-order valence-corrected chi connectivity index (χ1v) is 7.75. The molecule has 1 aromatic rings. The summed E-state index contributed by atoms with van der Waals surface area (Å²) in [5.41, 5.74) is 7.39. The fourth-order valence-electron chi connectivity index (χ4n) is 3.37. The first-order chi connectivity index (χ1) is 9.31. The molecule has 108 valence electrons. The van der Waals surface area contributed by atoms with Crippen LogP contribution in [0, 0.1) is 5.92 Å². The van der Waals surface area contributed by atoms with Crippen LogP contribution in [0.15, 0.2) is 12.5 Å². The molecule has 2 heterocycles. The predicted octanol–water partition coefficient (Wildman–Crippen LogP) is 2.41. The van der Waals surface area contributed by atoms with Crippen LogP contribution in [0.4, 0.5) is 0 Å². The molecule has 4 nitrogen and oxygen atoms in total. The van der Waals surface area contributed by atoms with E-state index in [2.05, 4.69) is 34.5 Å². The van der Waals surface area contributed by atoms with Gasteiger partial charge >= 0.3 is 0 Å². The normalized spacial score (nSPS) is 24.8. The van der Waals surface area contributed by atoms with Gasteiger partial charge in [0.2, 0.25) is 0 Å². The second-order valence-electron chi connectivity index (χ2n) is 5.63. The van der Waals surface area contributed by atoms with Crippen LogP contribution in [-0.4, -0.2) is 34.1 Å². The molecule has 2 rings (SSSR count). The quantitative estimate of drug-likeness (QED) is 0.858. The summed E-state index contributed by atoms with van der Waals surface area (Å²) in [6.45, 7) is 8.68. The molecule has 1 saturated heterocycles. The molecule has 1 aliphatic rings. The highest BCUT2D eigenvalue weighted by Gasteiger charge is 2.33. The zero-order valence-electron chi connectivity index (χ0n) is 12.4. The highest BCUT2D eigenvalue weighted by molar-refractivity contribution is 5.09. The topological polar surface area (TPSA) is 47.1 Å². The lowest BCUT2D eigenvalue weighted by Gasteiger charge is -2.41. The molecule has 1 aromatic heterocycles. The SMILES string of the molecule is CCCN1CCCC(CN)C1c1cncn1CCC. The minimum Gasteiger partial charge on any atom is -0.333 e. The maximum absolute atomic E-state index is 6.03. The average molecular weight is 264 g/mol. The van der Waals surface area contributed by atoms with Gasteiger partial charge in [-0.25, -0.2) is 4.98 Å². The van der Waals surface area contributed by atoms with E-state index in [-0.39, 0.29) is 0 Å². The Bertz CT molecular complexity index is 372. The van der Waals surface area contributed by atoms with E-state index in [1.54, 1.807) is 0 Å². The summed E-state index contributed by atoms with van der Waals surface area (Å²) < 4.78 is 2.32. The summed E-state index contributed by atoms with van der Waals surface area (Å²) in [4.78, 5) is 6.99. The maximum atomic E-state index is 6.03. The molecule has 0 aliphatic carbocycles. The van der Waals surface area contributed by atoms with E-state index >= 15 is 0 Å². The van der Waals surface area contributed by atoms with Crippen LogP contribution in [-0.2, 0) is 6.54 Å². The zero-order valence-corrected chi connectivity index (χ0v) is 12.4. The number of aromatic nitrogens is 2. The molecule has 0 saturated carbocycles. The second-order valence-corrected chi connectivity index (χ2v) is 5.63. The maximum Gasteiger partial charge on any atom is 0.0948 e. The summed E-state index contributed by atoms with van der Waals surface area (Å²) >= 11 is 0. The van der Waals surface area contributed by atoms with Crippen molar-refractivity contribution >= 4 is 0 Å². The largest absolute Gasteiger partial charge is 0.333 e. The van der Waals surface area contributed by atoms with E-state index in [1.807, 2.05) is 6.33 Å². The standard InChI is InChI=1S/C15H28N4/c1-3-7-18-9-5-6-13(10-16)15(18)14-11-17-12-19(14)8-4-2/h11-13,15H,3-10,16H2,1-2H3. The fourth-order valence-corrected chi connectivity index (χ4v) is 3.37. The van der Waals surface area contributed by atoms with E-state index in [0.29, 0.717) is 12.0 Å². The van der Waals surface area contributed by atoms with Gasteiger partial charge in [-0.15, -0.1) is 0 Å². The van der Waals surface area contributed by atoms with Gasteiger partial charge in [0.1, 0.15) is 0 Å². The summed E-state index contributed by atoms with van der Waals surface area (Å²) in [5.74, 6) is 0.576. The molecule has 0 aromatic carbocycles. The van der Waals surface area contributed by atoms with Crippen LogP contribution in [0.25, 0.3) is 0 Å². The molecule has 2 atom stereocenters. The Morgan fingerprint density at radius 3 is 2.79 bits per heavy atom.